The number of aromatic nitrogens is 2. The average molecular weight is 274 g/mol. The minimum Gasteiger partial charge on any atom is -0.465 e. The number of carbonyl (C=O) groups is 1. The molecule has 0 amide bonds. The molecular weight excluding hydrogens is 260 g/mol. The molecular formula is C14H14N2O2S. The molecule has 0 saturated heterocycles. The van der Waals surface area contributed by atoms with Gasteiger partial charge >= 0.3 is 5.97 Å². The Morgan fingerprint density at radius 3 is 2.42 bits per heavy atom. The predicted molar refractivity (Wildman–Crippen MR) is 75.7 cm³/mol. The summed E-state index contributed by atoms with van der Waals surface area (Å²) in [6.45, 7) is 3.80. The Kier molecular flexibility index (Phi) is 3.76. The van der Waals surface area contributed by atoms with E-state index in [1.54, 1.807) is 6.92 Å². The molecule has 1 N–H and O–H groups in total. The zero-order chi connectivity index (χ0) is 14.0. The predicted octanol–water partition coefficient (Wildman–Crippen LogP) is 3.21. The maximum Gasteiger partial charge on any atom is 0.342 e. The van der Waals surface area contributed by atoms with Gasteiger partial charge in [-0.05, 0) is 13.8 Å². The lowest BCUT2D eigenvalue weighted by molar-refractivity contribution is 0.0598. The zero-order valence-corrected chi connectivity index (χ0v) is 11.8. The Labute approximate surface area is 116 Å². The number of rotatable bonds is 2. The molecule has 0 aliphatic heterocycles. The fourth-order valence-corrected chi connectivity index (χ4v) is 2.10. The summed E-state index contributed by atoms with van der Waals surface area (Å²) in [5.41, 5.74) is 3.07. The number of nitrogens with zero attached hydrogens (tertiary/aromatic N) is 1. The SMILES string of the molecule is COC(=O)c1c(C)[nH]c(-c2ccc(C)cc2)nc1=S. The number of ether oxygens (including phenoxy) is 1. The van der Waals surface area contributed by atoms with Crippen LogP contribution in [0.3, 0.4) is 0 Å². The van der Waals surface area contributed by atoms with Crippen molar-refractivity contribution in [3.63, 3.8) is 0 Å². The number of benzene rings is 1. The maximum absolute atomic E-state index is 11.6. The molecule has 1 aromatic carbocycles. The number of aryl methyl sites for hydroxylation is 2. The Bertz CT molecular complexity index is 675. The molecule has 0 atom stereocenters. The Morgan fingerprint density at radius 2 is 1.89 bits per heavy atom. The normalized spacial score (nSPS) is 10.3. The minimum absolute atomic E-state index is 0.249. The van der Waals surface area contributed by atoms with Crippen molar-refractivity contribution in [1.82, 2.24) is 9.97 Å². The van der Waals surface area contributed by atoms with E-state index in [2.05, 4.69) is 9.97 Å². The molecule has 1 heterocycles. The fraction of sp³-hybridized carbons (Fsp3) is 0.214. The molecule has 2 rings (SSSR count). The summed E-state index contributed by atoms with van der Waals surface area (Å²) >= 11 is 5.16. The second-order valence-electron chi connectivity index (χ2n) is 4.25. The maximum atomic E-state index is 11.6. The largest absolute Gasteiger partial charge is 0.465 e. The summed E-state index contributed by atoms with van der Waals surface area (Å²) in [5, 5.41) is 0. The van der Waals surface area contributed by atoms with Crippen LogP contribution in [0.15, 0.2) is 24.3 Å². The van der Waals surface area contributed by atoms with Crippen molar-refractivity contribution >= 4 is 18.2 Å². The van der Waals surface area contributed by atoms with Crippen molar-refractivity contribution in [2.45, 2.75) is 13.8 Å². The molecule has 19 heavy (non-hydrogen) atoms. The first kappa shape index (κ1) is 13.4. The summed E-state index contributed by atoms with van der Waals surface area (Å²) in [5.74, 6) is 0.178. The van der Waals surface area contributed by atoms with Gasteiger partial charge in [0.05, 0.1) is 7.11 Å². The fourth-order valence-electron chi connectivity index (χ4n) is 1.78. The summed E-state index contributed by atoms with van der Waals surface area (Å²) < 4.78 is 4.94. The van der Waals surface area contributed by atoms with Crippen molar-refractivity contribution in [3.05, 3.63) is 45.7 Å². The van der Waals surface area contributed by atoms with E-state index in [9.17, 15) is 4.79 Å². The van der Waals surface area contributed by atoms with Gasteiger partial charge in [-0.2, -0.15) is 0 Å². The van der Waals surface area contributed by atoms with E-state index in [-0.39, 0.29) is 4.64 Å². The van der Waals surface area contributed by atoms with Crippen LogP contribution >= 0.6 is 12.2 Å². The Hall–Kier alpha value is -2.01. The molecule has 0 saturated carbocycles. The summed E-state index contributed by atoms with van der Waals surface area (Å²) in [4.78, 5) is 18.9. The second kappa shape index (κ2) is 5.32. The second-order valence-corrected chi connectivity index (χ2v) is 4.63. The van der Waals surface area contributed by atoms with Gasteiger partial charge in [0, 0.05) is 11.3 Å². The van der Waals surface area contributed by atoms with Crippen molar-refractivity contribution in [2.24, 2.45) is 0 Å². The van der Waals surface area contributed by atoms with Gasteiger partial charge in [0.1, 0.15) is 16.0 Å². The van der Waals surface area contributed by atoms with E-state index >= 15 is 0 Å². The number of nitrogens with one attached hydrogen (secondary N) is 1. The van der Waals surface area contributed by atoms with Crippen LogP contribution in [0.25, 0.3) is 11.4 Å². The first-order valence-corrected chi connectivity index (χ1v) is 6.20. The van der Waals surface area contributed by atoms with Gasteiger partial charge in [0.25, 0.3) is 0 Å². The highest BCUT2D eigenvalue weighted by molar-refractivity contribution is 7.71. The van der Waals surface area contributed by atoms with E-state index in [0.29, 0.717) is 17.1 Å². The number of aromatic amines is 1. The molecule has 0 spiro atoms. The monoisotopic (exact) mass is 274 g/mol. The van der Waals surface area contributed by atoms with Gasteiger partial charge in [-0.15, -0.1) is 0 Å². The summed E-state index contributed by atoms with van der Waals surface area (Å²) in [7, 11) is 1.32. The number of H-pyrrole nitrogens is 1. The van der Waals surface area contributed by atoms with Crippen LogP contribution < -0.4 is 0 Å². The lowest BCUT2D eigenvalue weighted by Crippen LogP contribution is -2.08. The molecule has 4 nitrogen and oxygen atoms in total. The van der Waals surface area contributed by atoms with E-state index in [1.165, 1.54) is 12.7 Å². The molecule has 0 fully saturated rings. The van der Waals surface area contributed by atoms with Crippen molar-refractivity contribution in [1.29, 1.82) is 0 Å². The molecule has 5 heteroatoms. The first-order valence-electron chi connectivity index (χ1n) is 5.79. The van der Waals surface area contributed by atoms with Crippen molar-refractivity contribution < 1.29 is 9.53 Å². The molecule has 0 aliphatic carbocycles. The van der Waals surface area contributed by atoms with Gasteiger partial charge in [-0.3, -0.25) is 0 Å². The molecule has 2 aromatic rings. The standard InChI is InChI=1S/C14H14N2O2S/c1-8-4-6-10(7-5-8)12-15-9(2)11(13(19)16-12)14(17)18-3/h4-7H,1-3H3,(H,15,16,19). The number of hydrogen-bond donors (Lipinski definition) is 1. The lowest BCUT2D eigenvalue weighted by atomic mass is 10.1. The average Bonchev–Trinajstić information content (AvgIpc) is 2.38. The molecule has 1 aromatic heterocycles. The van der Waals surface area contributed by atoms with Crippen LogP contribution in [-0.2, 0) is 4.74 Å². The summed E-state index contributed by atoms with van der Waals surface area (Å²) in [6.07, 6.45) is 0. The van der Waals surface area contributed by atoms with Crippen LogP contribution in [0.5, 0.6) is 0 Å². The van der Waals surface area contributed by atoms with Crippen LogP contribution in [0.2, 0.25) is 0 Å². The third kappa shape index (κ3) is 2.71. The topological polar surface area (TPSA) is 55.0 Å². The van der Waals surface area contributed by atoms with E-state index in [0.717, 1.165) is 5.56 Å². The molecule has 0 aliphatic rings. The number of hydrogen-bond acceptors (Lipinski definition) is 4. The first-order chi connectivity index (χ1) is 9.02. The van der Waals surface area contributed by atoms with E-state index in [4.69, 9.17) is 17.0 Å². The lowest BCUT2D eigenvalue weighted by Gasteiger charge is -2.07. The quantitative estimate of drug-likeness (QED) is 0.675. The van der Waals surface area contributed by atoms with Gasteiger partial charge in [0.15, 0.2) is 0 Å². The van der Waals surface area contributed by atoms with E-state index < -0.39 is 5.97 Å². The van der Waals surface area contributed by atoms with Gasteiger partial charge < -0.3 is 9.72 Å². The van der Waals surface area contributed by atoms with Crippen LogP contribution in [-0.4, -0.2) is 23.0 Å². The zero-order valence-electron chi connectivity index (χ0n) is 11.0. The van der Waals surface area contributed by atoms with Crippen LogP contribution in [0, 0.1) is 18.5 Å². The van der Waals surface area contributed by atoms with E-state index in [1.807, 2.05) is 31.2 Å². The Morgan fingerprint density at radius 1 is 1.26 bits per heavy atom. The van der Waals surface area contributed by atoms with Crippen molar-refractivity contribution in [3.8, 4) is 11.4 Å². The highest BCUT2D eigenvalue weighted by atomic mass is 32.1. The molecule has 0 bridgehead atoms. The minimum atomic E-state index is -0.471. The molecule has 0 unspecified atom stereocenters. The van der Waals surface area contributed by atoms with Crippen molar-refractivity contribution in [2.75, 3.05) is 7.11 Å². The molecule has 98 valence electrons. The van der Waals surface area contributed by atoms with Gasteiger partial charge in [-0.1, -0.05) is 42.0 Å². The highest BCUT2D eigenvalue weighted by Crippen LogP contribution is 2.18. The van der Waals surface area contributed by atoms with Crippen LogP contribution in [0.4, 0.5) is 0 Å². The summed E-state index contributed by atoms with van der Waals surface area (Å²) in [6, 6.07) is 7.91. The highest BCUT2D eigenvalue weighted by Gasteiger charge is 2.14. The van der Waals surface area contributed by atoms with Gasteiger partial charge in [0.2, 0.25) is 0 Å². The number of carbonyl (C=O) groups excluding carboxylic acids is 1. The van der Waals surface area contributed by atoms with Gasteiger partial charge in [-0.25, -0.2) is 9.78 Å². The molecule has 0 radical (unpaired) electrons. The third-order valence-corrected chi connectivity index (χ3v) is 3.12. The smallest absolute Gasteiger partial charge is 0.342 e. The third-order valence-electron chi connectivity index (χ3n) is 2.82. The Balaban J connectivity index is 2.54. The number of methoxy groups -OCH3 is 1. The van der Waals surface area contributed by atoms with Crippen LogP contribution in [0.1, 0.15) is 21.6 Å². The number of esters is 1.